The van der Waals surface area contributed by atoms with E-state index in [-0.39, 0.29) is 18.4 Å². The molecule has 0 radical (unpaired) electrons. The van der Waals surface area contributed by atoms with Gasteiger partial charge in [0.05, 0.1) is 12.2 Å². The number of rotatable bonds is 0. The summed E-state index contributed by atoms with van der Waals surface area (Å²) in [6.07, 6.45) is -2.70. The molecule has 11 heavy (non-hydrogen) atoms. The van der Waals surface area contributed by atoms with Crippen LogP contribution >= 0.6 is 12.4 Å². The van der Waals surface area contributed by atoms with Crippen molar-refractivity contribution in [2.24, 2.45) is 0 Å². The molecule has 1 rings (SSSR count). The van der Waals surface area contributed by atoms with E-state index in [4.69, 9.17) is 15.3 Å². The summed E-state index contributed by atoms with van der Waals surface area (Å²) in [6.45, 7) is 2.11. The molecule has 1 fully saturated rings. The molecule has 4 atom stereocenters. The van der Waals surface area contributed by atoms with Crippen LogP contribution in [0.1, 0.15) is 6.92 Å². The lowest BCUT2D eigenvalue weighted by molar-refractivity contribution is -0.0910. The second-order valence-corrected chi connectivity index (χ2v) is 2.75. The van der Waals surface area contributed by atoms with Gasteiger partial charge in [-0.1, -0.05) is 0 Å². The van der Waals surface area contributed by atoms with Gasteiger partial charge in [-0.3, -0.25) is 0 Å². The Labute approximate surface area is 71.6 Å². The number of aliphatic hydroxyl groups excluding tert-OH is 3. The van der Waals surface area contributed by atoms with Crippen LogP contribution in [0.15, 0.2) is 0 Å². The Kier molecular flexibility index (Phi) is 4.28. The SMILES string of the molecule is CC1NCC(O)[C@@H](O)[C@@H]1O.Cl. The lowest BCUT2D eigenvalue weighted by atomic mass is 9.98. The van der Waals surface area contributed by atoms with Crippen molar-refractivity contribution < 1.29 is 15.3 Å². The average molecular weight is 184 g/mol. The molecule has 1 aliphatic rings. The van der Waals surface area contributed by atoms with E-state index in [1.807, 2.05) is 0 Å². The fraction of sp³-hybridized carbons (Fsp3) is 1.00. The van der Waals surface area contributed by atoms with Crippen molar-refractivity contribution in [3.8, 4) is 0 Å². The molecule has 68 valence electrons. The second kappa shape index (κ2) is 4.23. The van der Waals surface area contributed by atoms with Gasteiger partial charge in [-0.15, -0.1) is 12.4 Å². The van der Waals surface area contributed by atoms with Crippen molar-refractivity contribution in [3.05, 3.63) is 0 Å². The third-order valence-corrected chi connectivity index (χ3v) is 1.91. The van der Waals surface area contributed by atoms with Crippen LogP contribution in [0.5, 0.6) is 0 Å². The summed E-state index contributed by atoms with van der Waals surface area (Å²) in [4.78, 5) is 0. The molecule has 1 saturated heterocycles. The number of halogens is 1. The summed E-state index contributed by atoms with van der Waals surface area (Å²) in [6, 6.07) is -0.140. The van der Waals surface area contributed by atoms with Crippen LogP contribution < -0.4 is 5.32 Å². The van der Waals surface area contributed by atoms with Crippen molar-refractivity contribution in [3.63, 3.8) is 0 Å². The third-order valence-electron chi connectivity index (χ3n) is 1.91. The average Bonchev–Trinajstić information content (AvgIpc) is 1.93. The summed E-state index contributed by atoms with van der Waals surface area (Å²) in [5.74, 6) is 0. The quantitative estimate of drug-likeness (QED) is 0.368. The van der Waals surface area contributed by atoms with E-state index in [0.29, 0.717) is 6.54 Å². The van der Waals surface area contributed by atoms with Gasteiger partial charge in [-0.25, -0.2) is 0 Å². The number of nitrogens with one attached hydrogen (secondary N) is 1. The van der Waals surface area contributed by atoms with E-state index in [1.165, 1.54) is 0 Å². The Balaban J connectivity index is 0.000001000. The zero-order valence-electron chi connectivity index (χ0n) is 6.27. The van der Waals surface area contributed by atoms with Crippen molar-refractivity contribution in [2.45, 2.75) is 31.3 Å². The predicted molar refractivity (Wildman–Crippen MR) is 42.7 cm³/mol. The summed E-state index contributed by atoms with van der Waals surface area (Å²) in [7, 11) is 0. The Hall–Kier alpha value is 0.130. The van der Waals surface area contributed by atoms with E-state index >= 15 is 0 Å². The van der Waals surface area contributed by atoms with Gasteiger partial charge in [-0.05, 0) is 6.92 Å². The van der Waals surface area contributed by atoms with Crippen molar-refractivity contribution in [2.75, 3.05) is 6.54 Å². The molecule has 0 aliphatic carbocycles. The van der Waals surface area contributed by atoms with Gasteiger partial charge < -0.3 is 20.6 Å². The van der Waals surface area contributed by atoms with Crippen molar-refractivity contribution >= 4 is 12.4 Å². The van der Waals surface area contributed by atoms with Crippen molar-refractivity contribution in [1.82, 2.24) is 5.32 Å². The second-order valence-electron chi connectivity index (χ2n) is 2.75. The Morgan fingerprint density at radius 1 is 1.18 bits per heavy atom. The van der Waals surface area contributed by atoms with Gasteiger partial charge in [0, 0.05) is 12.6 Å². The lowest BCUT2D eigenvalue weighted by Gasteiger charge is -2.33. The van der Waals surface area contributed by atoms with Crippen LogP contribution in [0.25, 0.3) is 0 Å². The molecule has 1 aliphatic heterocycles. The van der Waals surface area contributed by atoms with Crippen LogP contribution in [0.3, 0.4) is 0 Å². The first-order chi connectivity index (χ1) is 4.63. The lowest BCUT2D eigenvalue weighted by Crippen LogP contribution is -2.58. The minimum Gasteiger partial charge on any atom is -0.389 e. The molecule has 5 heteroatoms. The Bertz CT molecular complexity index is 110. The molecular formula is C6H14ClNO3. The van der Waals surface area contributed by atoms with Gasteiger partial charge in [0.1, 0.15) is 6.10 Å². The maximum Gasteiger partial charge on any atom is 0.108 e. The Morgan fingerprint density at radius 3 is 2.18 bits per heavy atom. The largest absolute Gasteiger partial charge is 0.389 e. The number of hydrogen-bond acceptors (Lipinski definition) is 4. The Morgan fingerprint density at radius 2 is 1.73 bits per heavy atom. The molecule has 0 aromatic heterocycles. The van der Waals surface area contributed by atoms with E-state index < -0.39 is 18.3 Å². The monoisotopic (exact) mass is 183 g/mol. The highest BCUT2D eigenvalue weighted by Gasteiger charge is 2.33. The number of piperidine rings is 1. The summed E-state index contributed by atoms with van der Waals surface area (Å²) in [5.41, 5.74) is 0. The van der Waals surface area contributed by atoms with Crippen LogP contribution in [-0.2, 0) is 0 Å². The van der Waals surface area contributed by atoms with Crippen LogP contribution in [-0.4, -0.2) is 46.2 Å². The standard InChI is InChI=1S/C6H13NO3.ClH/c1-3-5(9)6(10)4(8)2-7-3;/h3-10H,2H2,1H3;1H/t3?,4?,5-,6-;/m1./s1. The summed E-state index contributed by atoms with van der Waals surface area (Å²) in [5, 5.41) is 30.1. The molecule has 4 N–H and O–H groups in total. The van der Waals surface area contributed by atoms with Gasteiger partial charge in [0.25, 0.3) is 0 Å². The minimum atomic E-state index is -1.00. The molecule has 2 unspecified atom stereocenters. The first kappa shape index (κ1) is 11.1. The van der Waals surface area contributed by atoms with Gasteiger partial charge in [0.15, 0.2) is 0 Å². The first-order valence-corrected chi connectivity index (χ1v) is 3.40. The number of aliphatic hydroxyl groups is 3. The fourth-order valence-electron chi connectivity index (χ4n) is 1.07. The van der Waals surface area contributed by atoms with E-state index in [9.17, 15) is 0 Å². The number of hydrogen-bond donors (Lipinski definition) is 4. The molecule has 1 heterocycles. The van der Waals surface area contributed by atoms with Gasteiger partial charge >= 0.3 is 0 Å². The van der Waals surface area contributed by atoms with Crippen LogP contribution in [0.4, 0.5) is 0 Å². The van der Waals surface area contributed by atoms with Crippen LogP contribution in [0.2, 0.25) is 0 Å². The molecule has 0 bridgehead atoms. The maximum atomic E-state index is 9.14. The molecular weight excluding hydrogens is 170 g/mol. The smallest absolute Gasteiger partial charge is 0.108 e. The minimum absolute atomic E-state index is 0. The molecule has 0 aromatic carbocycles. The van der Waals surface area contributed by atoms with E-state index in [2.05, 4.69) is 5.32 Å². The van der Waals surface area contributed by atoms with Crippen molar-refractivity contribution in [1.29, 1.82) is 0 Å². The molecule has 4 nitrogen and oxygen atoms in total. The highest BCUT2D eigenvalue weighted by molar-refractivity contribution is 5.85. The molecule has 0 saturated carbocycles. The van der Waals surface area contributed by atoms with Gasteiger partial charge in [0.2, 0.25) is 0 Å². The predicted octanol–water partition coefficient (Wildman–Crippen LogP) is -1.52. The fourth-order valence-corrected chi connectivity index (χ4v) is 1.07. The molecule has 0 aromatic rings. The molecule has 0 spiro atoms. The number of β-amino-alcohol motifs (C(OH)–C–C–N with tert-alkyl or cyclic N) is 1. The van der Waals surface area contributed by atoms with Crippen LogP contribution in [0, 0.1) is 0 Å². The highest BCUT2D eigenvalue weighted by Crippen LogP contribution is 2.09. The van der Waals surface area contributed by atoms with E-state index in [0.717, 1.165) is 0 Å². The maximum absolute atomic E-state index is 9.14. The van der Waals surface area contributed by atoms with Gasteiger partial charge in [-0.2, -0.15) is 0 Å². The zero-order chi connectivity index (χ0) is 7.72. The third kappa shape index (κ3) is 2.28. The van der Waals surface area contributed by atoms with E-state index in [1.54, 1.807) is 6.92 Å². The summed E-state index contributed by atoms with van der Waals surface area (Å²) >= 11 is 0. The highest BCUT2D eigenvalue weighted by atomic mass is 35.5. The summed E-state index contributed by atoms with van der Waals surface area (Å²) < 4.78 is 0. The first-order valence-electron chi connectivity index (χ1n) is 3.40. The normalized spacial score (nSPS) is 44.7. The zero-order valence-corrected chi connectivity index (χ0v) is 7.08. The topological polar surface area (TPSA) is 72.7 Å². The molecule has 0 amide bonds.